The Kier molecular flexibility index (Phi) is 4.20. The van der Waals surface area contributed by atoms with Crippen molar-refractivity contribution in [2.45, 2.75) is 44.7 Å². The Morgan fingerprint density at radius 3 is 2.89 bits per heavy atom. The Morgan fingerprint density at radius 1 is 1.53 bits per heavy atom. The van der Waals surface area contributed by atoms with Crippen molar-refractivity contribution in [2.24, 2.45) is 11.7 Å². The van der Waals surface area contributed by atoms with Crippen LogP contribution in [-0.2, 0) is 4.79 Å². The first kappa shape index (κ1) is 14.0. The maximum Gasteiger partial charge on any atom is 0.237 e. The molecule has 0 aliphatic heterocycles. The van der Waals surface area contributed by atoms with Gasteiger partial charge < -0.3 is 11.1 Å². The molecule has 0 aromatic heterocycles. The van der Waals surface area contributed by atoms with E-state index in [1.54, 1.807) is 6.07 Å². The Morgan fingerprint density at radius 2 is 2.26 bits per heavy atom. The minimum absolute atomic E-state index is 0.0994. The van der Waals surface area contributed by atoms with Crippen LogP contribution in [-0.4, -0.2) is 18.0 Å². The quantitative estimate of drug-likeness (QED) is 0.856. The number of hydrogen-bond acceptors (Lipinski definition) is 2. The predicted molar refractivity (Wildman–Crippen MR) is 73.1 cm³/mol. The van der Waals surface area contributed by atoms with Crippen LogP contribution in [0.4, 0.5) is 4.39 Å². The minimum Gasteiger partial charge on any atom is -0.351 e. The summed E-state index contributed by atoms with van der Waals surface area (Å²) in [5.74, 6) is 0.299. The third-order valence-corrected chi connectivity index (χ3v) is 3.46. The molecule has 2 rings (SSSR count). The highest BCUT2D eigenvalue weighted by Gasteiger charge is 2.40. The van der Waals surface area contributed by atoms with Gasteiger partial charge in [-0.25, -0.2) is 4.39 Å². The second-order valence-corrected chi connectivity index (χ2v) is 5.75. The van der Waals surface area contributed by atoms with Crippen molar-refractivity contribution in [2.75, 3.05) is 0 Å². The van der Waals surface area contributed by atoms with E-state index in [-0.39, 0.29) is 23.7 Å². The van der Waals surface area contributed by atoms with Crippen LogP contribution in [0.1, 0.15) is 38.2 Å². The average molecular weight is 264 g/mol. The predicted octanol–water partition coefficient (Wildman–Crippen LogP) is 2.17. The lowest BCUT2D eigenvalue weighted by atomic mass is 10.0. The zero-order chi connectivity index (χ0) is 14.0. The molecule has 1 aliphatic carbocycles. The van der Waals surface area contributed by atoms with E-state index in [0.29, 0.717) is 12.3 Å². The maximum absolute atomic E-state index is 13.1. The fourth-order valence-electron chi connectivity index (χ4n) is 2.36. The van der Waals surface area contributed by atoms with Gasteiger partial charge in [0, 0.05) is 12.0 Å². The second kappa shape index (κ2) is 5.70. The first-order chi connectivity index (χ1) is 8.97. The van der Waals surface area contributed by atoms with Crippen LogP contribution in [0.25, 0.3) is 0 Å². The normalized spacial score (nSPS) is 23.2. The topological polar surface area (TPSA) is 55.1 Å². The molecule has 1 saturated carbocycles. The number of benzene rings is 1. The number of nitrogens with two attached hydrogens (primary N) is 1. The standard InChI is InChI=1S/C15H21FN2O/c1-9(2)6-13(17)15(19)18-14-8-12(14)10-4-3-5-11(16)7-10/h3-5,7,9,12-14H,6,8,17H2,1-2H3,(H,18,19)/t12?,13-,14?/m0/s1. The number of carbonyl (C=O) groups excluding carboxylic acids is 1. The molecule has 0 bridgehead atoms. The van der Waals surface area contributed by atoms with E-state index in [1.807, 2.05) is 19.9 Å². The van der Waals surface area contributed by atoms with Crippen LogP contribution in [0.15, 0.2) is 24.3 Å². The van der Waals surface area contributed by atoms with Gasteiger partial charge in [0.25, 0.3) is 0 Å². The molecule has 1 aromatic carbocycles. The lowest BCUT2D eigenvalue weighted by Crippen LogP contribution is -2.42. The van der Waals surface area contributed by atoms with Crippen molar-refractivity contribution in [3.05, 3.63) is 35.6 Å². The molecule has 3 atom stereocenters. The summed E-state index contributed by atoms with van der Waals surface area (Å²) in [5, 5.41) is 2.94. The first-order valence-electron chi connectivity index (χ1n) is 6.78. The lowest BCUT2D eigenvalue weighted by Gasteiger charge is -2.14. The summed E-state index contributed by atoms with van der Waals surface area (Å²) < 4.78 is 13.1. The smallest absolute Gasteiger partial charge is 0.237 e. The van der Waals surface area contributed by atoms with Crippen molar-refractivity contribution in [1.82, 2.24) is 5.32 Å². The molecule has 104 valence electrons. The summed E-state index contributed by atoms with van der Waals surface area (Å²) >= 11 is 0. The van der Waals surface area contributed by atoms with Gasteiger partial charge in [-0.3, -0.25) is 4.79 Å². The van der Waals surface area contributed by atoms with Crippen molar-refractivity contribution in [3.8, 4) is 0 Å². The first-order valence-corrected chi connectivity index (χ1v) is 6.78. The molecule has 2 unspecified atom stereocenters. The fourth-order valence-corrected chi connectivity index (χ4v) is 2.36. The maximum atomic E-state index is 13.1. The monoisotopic (exact) mass is 264 g/mol. The Labute approximate surface area is 113 Å². The Balaban J connectivity index is 1.85. The number of carbonyl (C=O) groups is 1. The van der Waals surface area contributed by atoms with E-state index in [9.17, 15) is 9.18 Å². The van der Waals surface area contributed by atoms with Gasteiger partial charge in [-0.2, -0.15) is 0 Å². The summed E-state index contributed by atoms with van der Waals surface area (Å²) in [5.41, 5.74) is 6.78. The molecule has 1 aromatic rings. The summed E-state index contributed by atoms with van der Waals surface area (Å²) in [4.78, 5) is 11.9. The van der Waals surface area contributed by atoms with Crippen LogP contribution < -0.4 is 11.1 Å². The molecule has 4 heteroatoms. The summed E-state index contributed by atoms with van der Waals surface area (Å²) in [6.45, 7) is 4.08. The van der Waals surface area contributed by atoms with Gasteiger partial charge in [-0.15, -0.1) is 0 Å². The van der Waals surface area contributed by atoms with Crippen molar-refractivity contribution >= 4 is 5.91 Å². The van der Waals surface area contributed by atoms with Crippen molar-refractivity contribution in [1.29, 1.82) is 0 Å². The third-order valence-electron chi connectivity index (χ3n) is 3.46. The van der Waals surface area contributed by atoms with Gasteiger partial charge in [-0.1, -0.05) is 26.0 Å². The molecule has 3 N–H and O–H groups in total. The molecule has 0 spiro atoms. The highest BCUT2D eigenvalue weighted by Crippen LogP contribution is 2.40. The lowest BCUT2D eigenvalue weighted by molar-refractivity contribution is -0.122. The molecule has 0 heterocycles. The highest BCUT2D eigenvalue weighted by atomic mass is 19.1. The molecule has 1 amide bonds. The average Bonchev–Trinajstić information content (AvgIpc) is 3.07. The van der Waals surface area contributed by atoms with E-state index in [2.05, 4.69) is 5.32 Å². The number of nitrogens with one attached hydrogen (secondary N) is 1. The van der Waals surface area contributed by atoms with Gasteiger partial charge in [-0.05, 0) is 36.5 Å². The summed E-state index contributed by atoms with van der Waals surface area (Å²) in [6.07, 6.45) is 1.55. The van der Waals surface area contributed by atoms with Crippen LogP contribution >= 0.6 is 0 Å². The number of amides is 1. The second-order valence-electron chi connectivity index (χ2n) is 5.75. The van der Waals surface area contributed by atoms with E-state index in [4.69, 9.17) is 5.73 Å². The molecule has 0 saturated heterocycles. The number of rotatable bonds is 5. The highest BCUT2D eigenvalue weighted by molar-refractivity contribution is 5.82. The Hall–Kier alpha value is -1.42. The van der Waals surface area contributed by atoms with Gasteiger partial charge in [0.05, 0.1) is 6.04 Å². The van der Waals surface area contributed by atoms with Crippen molar-refractivity contribution < 1.29 is 9.18 Å². The molecule has 1 fully saturated rings. The Bertz CT molecular complexity index is 461. The van der Waals surface area contributed by atoms with Crippen LogP contribution in [0.2, 0.25) is 0 Å². The van der Waals surface area contributed by atoms with Gasteiger partial charge in [0.2, 0.25) is 5.91 Å². The number of hydrogen-bond donors (Lipinski definition) is 2. The van der Waals surface area contributed by atoms with Gasteiger partial charge >= 0.3 is 0 Å². The van der Waals surface area contributed by atoms with Gasteiger partial charge in [0.15, 0.2) is 0 Å². The largest absolute Gasteiger partial charge is 0.351 e. The third kappa shape index (κ3) is 3.77. The van der Waals surface area contributed by atoms with Crippen LogP contribution in [0.3, 0.4) is 0 Å². The zero-order valence-electron chi connectivity index (χ0n) is 11.4. The molecular weight excluding hydrogens is 243 g/mol. The molecular formula is C15H21FN2O. The van der Waals surface area contributed by atoms with Gasteiger partial charge in [0.1, 0.15) is 5.82 Å². The minimum atomic E-state index is -0.450. The SMILES string of the molecule is CC(C)C[C@H](N)C(=O)NC1CC1c1cccc(F)c1. The summed E-state index contributed by atoms with van der Waals surface area (Å²) in [6, 6.07) is 6.21. The van der Waals surface area contributed by atoms with E-state index in [1.165, 1.54) is 12.1 Å². The molecule has 19 heavy (non-hydrogen) atoms. The molecule has 1 aliphatic rings. The van der Waals surface area contributed by atoms with E-state index < -0.39 is 6.04 Å². The van der Waals surface area contributed by atoms with Crippen molar-refractivity contribution in [3.63, 3.8) is 0 Å². The molecule has 0 radical (unpaired) electrons. The van der Waals surface area contributed by atoms with E-state index in [0.717, 1.165) is 12.0 Å². The van der Waals surface area contributed by atoms with Crippen LogP contribution in [0, 0.1) is 11.7 Å². The zero-order valence-corrected chi connectivity index (χ0v) is 11.4. The summed E-state index contributed by atoms with van der Waals surface area (Å²) in [7, 11) is 0. The fraction of sp³-hybridized carbons (Fsp3) is 0.533. The number of halogens is 1. The molecule has 3 nitrogen and oxygen atoms in total. The van der Waals surface area contributed by atoms with Crippen LogP contribution in [0.5, 0.6) is 0 Å². The van der Waals surface area contributed by atoms with E-state index >= 15 is 0 Å².